The van der Waals surface area contributed by atoms with Crippen molar-refractivity contribution >= 4 is 11.8 Å². The summed E-state index contributed by atoms with van der Waals surface area (Å²) in [6.07, 6.45) is 8.18. The Bertz CT molecular complexity index is 340. The van der Waals surface area contributed by atoms with Crippen molar-refractivity contribution < 1.29 is 19.4 Å². The zero-order valence-corrected chi connectivity index (χ0v) is 14.2. The van der Waals surface area contributed by atoms with Crippen LogP contribution in [0.1, 0.15) is 78.1 Å². The molecule has 0 heterocycles. The second-order valence-electron chi connectivity index (χ2n) is 6.44. The highest BCUT2D eigenvalue weighted by molar-refractivity contribution is 5.84. The van der Waals surface area contributed by atoms with Gasteiger partial charge in [-0.25, -0.2) is 0 Å². The Balaban J connectivity index is 2.31. The van der Waals surface area contributed by atoms with Gasteiger partial charge in [0.25, 0.3) is 0 Å². The Labute approximate surface area is 134 Å². The highest BCUT2D eigenvalue weighted by atomic mass is 16.5. The van der Waals surface area contributed by atoms with Crippen molar-refractivity contribution in [3.05, 3.63) is 0 Å². The number of aliphatic hydroxyl groups is 1. The standard InChI is InChI=1S/C18H32O4/c1-3-5-6-7-15(19)10-8-14-9-12-17(20)16(14)11-13-18(21)22-4-2/h14-16,19H,3-13H2,1-2H3/t14-,15?,16-/m0/s1. The molecule has 0 radical (unpaired) electrons. The van der Waals surface area contributed by atoms with Gasteiger partial charge in [0.2, 0.25) is 0 Å². The van der Waals surface area contributed by atoms with Gasteiger partial charge in [0, 0.05) is 18.8 Å². The van der Waals surface area contributed by atoms with E-state index in [0.717, 1.165) is 32.1 Å². The Morgan fingerprint density at radius 1 is 1.27 bits per heavy atom. The van der Waals surface area contributed by atoms with Crippen molar-refractivity contribution in [2.75, 3.05) is 6.61 Å². The Morgan fingerprint density at radius 3 is 2.73 bits per heavy atom. The predicted molar refractivity (Wildman–Crippen MR) is 86.5 cm³/mol. The van der Waals surface area contributed by atoms with E-state index in [1.807, 2.05) is 0 Å². The van der Waals surface area contributed by atoms with Gasteiger partial charge >= 0.3 is 5.97 Å². The molecule has 1 aliphatic rings. The first-order valence-electron chi connectivity index (χ1n) is 8.94. The van der Waals surface area contributed by atoms with E-state index in [-0.39, 0.29) is 23.8 Å². The summed E-state index contributed by atoms with van der Waals surface area (Å²) in [5.41, 5.74) is 0. The van der Waals surface area contributed by atoms with Crippen LogP contribution in [0.4, 0.5) is 0 Å². The summed E-state index contributed by atoms with van der Waals surface area (Å²) in [6, 6.07) is 0. The average Bonchev–Trinajstić information content (AvgIpc) is 2.84. The van der Waals surface area contributed by atoms with E-state index in [9.17, 15) is 14.7 Å². The molecule has 3 atom stereocenters. The van der Waals surface area contributed by atoms with Crippen molar-refractivity contribution in [2.24, 2.45) is 11.8 Å². The lowest BCUT2D eigenvalue weighted by Crippen LogP contribution is -2.19. The predicted octanol–water partition coefficient (Wildman–Crippen LogP) is 3.65. The minimum Gasteiger partial charge on any atom is -0.466 e. The summed E-state index contributed by atoms with van der Waals surface area (Å²) in [5.74, 6) is 0.408. The summed E-state index contributed by atoms with van der Waals surface area (Å²) in [5, 5.41) is 10.0. The summed E-state index contributed by atoms with van der Waals surface area (Å²) >= 11 is 0. The van der Waals surface area contributed by atoms with E-state index in [1.54, 1.807) is 6.92 Å². The van der Waals surface area contributed by atoms with Crippen molar-refractivity contribution in [3.63, 3.8) is 0 Å². The summed E-state index contributed by atoms with van der Waals surface area (Å²) in [7, 11) is 0. The molecule has 4 heteroatoms. The summed E-state index contributed by atoms with van der Waals surface area (Å²) < 4.78 is 4.94. The number of aliphatic hydroxyl groups excluding tert-OH is 1. The first-order valence-corrected chi connectivity index (χ1v) is 8.94. The SMILES string of the molecule is CCCCCC(O)CC[C@H]1CCC(=O)[C@H]1CCC(=O)OCC. The zero-order valence-electron chi connectivity index (χ0n) is 14.2. The third-order valence-corrected chi connectivity index (χ3v) is 4.72. The minimum absolute atomic E-state index is 0.00718. The third kappa shape index (κ3) is 6.91. The molecule has 1 unspecified atom stereocenters. The largest absolute Gasteiger partial charge is 0.466 e. The van der Waals surface area contributed by atoms with E-state index >= 15 is 0 Å². The number of unbranched alkanes of at least 4 members (excludes halogenated alkanes) is 2. The van der Waals surface area contributed by atoms with Crippen LogP contribution < -0.4 is 0 Å². The molecule has 0 saturated heterocycles. The molecule has 1 fully saturated rings. The van der Waals surface area contributed by atoms with Crippen molar-refractivity contribution in [3.8, 4) is 0 Å². The van der Waals surface area contributed by atoms with E-state index < -0.39 is 0 Å². The Hall–Kier alpha value is -0.900. The first kappa shape index (κ1) is 19.1. The number of carbonyl (C=O) groups excluding carboxylic acids is 2. The first-order chi connectivity index (χ1) is 10.6. The number of esters is 1. The van der Waals surface area contributed by atoms with Gasteiger partial charge in [0.15, 0.2) is 0 Å². The Kier molecular flexibility index (Phi) is 9.37. The van der Waals surface area contributed by atoms with E-state index in [4.69, 9.17) is 4.74 Å². The van der Waals surface area contributed by atoms with Crippen LogP contribution in [0.2, 0.25) is 0 Å². The number of hydrogen-bond donors (Lipinski definition) is 1. The number of carbonyl (C=O) groups is 2. The number of ketones is 1. The average molecular weight is 312 g/mol. The molecule has 0 bridgehead atoms. The second-order valence-corrected chi connectivity index (χ2v) is 6.44. The van der Waals surface area contributed by atoms with Gasteiger partial charge in [0.05, 0.1) is 12.7 Å². The maximum Gasteiger partial charge on any atom is 0.305 e. The maximum absolute atomic E-state index is 12.0. The monoisotopic (exact) mass is 312 g/mol. The molecule has 1 saturated carbocycles. The quantitative estimate of drug-likeness (QED) is 0.467. The molecule has 0 aromatic heterocycles. The van der Waals surface area contributed by atoms with Crippen LogP contribution in [0, 0.1) is 11.8 Å². The zero-order chi connectivity index (χ0) is 16.4. The molecule has 1 N–H and O–H groups in total. The number of rotatable bonds is 11. The number of Topliss-reactive ketones (excluding diaryl/α,β-unsaturated/α-hetero) is 1. The molecule has 4 nitrogen and oxygen atoms in total. The van der Waals surface area contributed by atoms with Crippen LogP contribution in [0.15, 0.2) is 0 Å². The van der Waals surface area contributed by atoms with E-state index in [0.29, 0.717) is 31.8 Å². The van der Waals surface area contributed by atoms with Crippen molar-refractivity contribution in [1.29, 1.82) is 0 Å². The van der Waals surface area contributed by atoms with Crippen LogP contribution in [-0.4, -0.2) is 29.6 Å². The normalized spacial score (nSPS) is 22.8. The molecule has 0 aromatic rings. The maximum atomic E-state index is 12.0. The number of hydrogen-bond acceptors (Lipinski definition) is 4. The van der Waals surface area contributed by atoms with E-state index in [2.05, 4.69) is 6.92 Å². The van der Waals surface area contributed by atoms with Crippen LogP contribution in [-0.2, 0) is 14.3 Å². The number of ether oxygens (including phenoxy) is 1. The van der Waals surface area contributed by atoms with E-state index in [1.165, 1.54) is 12.8 Å². The van der Waals surface area contributed by atoms with Gasteiger partial charge in [0.1, 0.15) is 5.78 Å². The lowest BCUT2D eigenvalue weighted by atomic mass is 9.86. The topological polar surface area (TPSA) is 63.6 Å². The molecule has 0 aromatic carbocycles. The second kappa shape index (κ2) is 10.8. The molecule has 0 aliphatic heterocycles. The van der Waals surface area contributed by atoms with Gasteiger partial charge in [-0.05, 0) is 44.9 Å². The van der Waals surface area contributed by atoms with Crippen LogP contribution in [0.25, 0.3) is 0 Å². The van der Waals surface area contributed by atoms with Crippen molar-refractivity contribution in [1.82, 2.24) is 0 Å². The molecule has 22 heavy (non-hydrogen) atoms. The molecule has 1 rings (SSSR count). The summed E-state index contributed by atoms with van der Waals surface area (Å²) in [6.45, 7) is 4.34. The van der Waals surface area contributed by atoms with Crippen LogP contribution in [0.3, 0.4) is 0 Å². The van der Waals surface area contributed by atoms with Gasteiger partial charge < -0.3 is 9.84 Å². The Morgan fingerprint density at radius 2 is 2.05 bits per heavy atom. The van der Waals surface area contributed by atoms with Crippen LogP contribution in [0.5, 0.6) is 0 Å². The molecule has 0 spiro atoms. The van der Waals surface area contributed by atoms with Crippen LogP contribution >= 0.6 is 0 Å². The summed E-state index contributed by atoms with van der Waals surface area (Å²) in [4.78, 5) is 23.4. The molecule has 1 aliphatic carbocycles. The van der Waals surface area contributed by atoms with Gasteiger partial charge in [-0.15, -0.1) is 0 Å². The lowest BCUT2D eigenvalue weighted by molar-refractivity contribution is -0.143. The fourth-order valence-electron chi connectivity index (χ4n) is 3.41. The highest BCUT2D eigenvalue weighted by Crippen LogP contribution is 2.36. The highest BCUT2D eigenvalue weighted by Gasteiger charge is 2.34. The fourth-order valence-corrected chi connectivity index (χ4v) is 3.41. The smallest absolute Gasteiger partial charge is 0.305 e. The molecular weight excluding hydrogens is 280 g/mol. The lowest BCUT2D eigenvalue weighted by Gasteiger charge is -2.19. The fraction of sp³-hybridized carbons (Fsp3) is 0.889. The molecular formula is C18H32O4. The van der Waals surface area contributed by atoms with Gasteiger partial charge in [-0.1, -0.05) is 26.2 Å². The minimum atomic E-state index is -0.243. The molecule has 0 amide bonds. The van der Waals surface area contributed by atoms with Crippen molar-refractivity contribution in [2.45, 2.75) is 84.2 Å². The van der Waals surface area contributed by atoms with Gasteiger partial charge in [-0.3, -0.25) is 9.59 Å². The van der Waals surface area contributed by atoms with Gasteiger partial charge in [-0.2, -0.15) is 0 Å². The third-order valence-electron chi connectivity index (χ3n) is 4.72. The molecule has 128 valence electrons.